The Labute approximate surface area is 203 Å². The number of rotatable bonds is 5. The van der Waals surface area contributed by atoms with Crippen LogP contribution < -0.4 is 10.6 Å². The van der Waals surface area contributed by atoms with E-state index in [0.717, 1.165) is 37.0 Å². The van der Waals surface area contributed by atoms with Crippen LogP contribution in [-0.4, -0.2) is 78.1 Å². The number of hydrogen-bond acceptors (Lipinski definition) is 4. The standard InChI is InChI=1S/C26H42N4O4/c1-17-15-30(16-18(2)34-17)24(32)22-4-7-29(8-5-22)23(31)3-6-27-25(33)28-26-12-19-9-20(13-26)11-21(10-19)14-26/h17-22H,3-16H2,1-2H3,(H2,27,28,33). The first-order valence-electron chi connectivity index (χ1n) is 13.6. The van der Waals surface area contributed by atoms with Gasteiger partial charge in [0.15, 0.2) is 0 Å². The smallest absolute Gasteiger partial charge is 0.315 e. The summed E-state index contributed by atoms with van der Waals surface area (Å²) in [4.78, 5) is 42.0. The van der Waals surface area contributed by atoms with Crippen LogP contribution in [0.5, 0.6) is 0 Å². The lowest BCUT2D eigenvalue weighted by atomic mass is 9.53. The van der Waals surface area contributed by atoms with Crippen molar-refractivity contribution in [2.45, 2.75) is 89.4 Å². The van der Waals surface area contributed by atoms with Crippen LogP contribution in [0.15, 0.2) is 0 Å². The molecule has 8 heteroatoms. The molecule has 6 aliphatic rings. The molecule has 4 saturated carbocycles. The van der Waals surface area contributed by atoms with Gasteiger partial charge in [0.05, 0.1) is 12.2 Å². The third-order valence-electron chi connectivity index (χ3n) is 8.97. The molecule has 4 aliphatic carbocycles. The van der Waals surface area contributed by atoms with Gasteiger partial charge in [-0.1, -0.05) is 0 Å². The number of ether oxygens (including phenoxy) is 1. The number of carbonyl (C=O) groups is 3. The van der Waals surface area contributed by atoms with E-state index in [1.54, 1.807) is 0 Å². The SMILES string of the molecule is CC1CN(C(=O)C2CCN(C(=O)CCNC(=O)NC34CC5CC(CC(C5)C3)C4)CC2)CC(C)O1. The zero-order valence-electron chi connectivity index (χ0n) is 20.9. The molecule has 6 rings (SSSR count). The summed E-state index contributed by atoms with van der Waals surface area (Å²) in [5.74, 6) is 2.63. The van der Waals surface area contributed by atoms with Crippen LogP contribution in [0, 0.1) is 23.7 Å². The van der Waals surface area contributed by atoms with Crippen LogP contribution in [-0.2, 0) is 14.3 Å². The Kier molecular flexibility index (Phi) is 6.79. The zero-order valence-corrected chi connectivity index (χ0v) is 20.9. The molecule has 34 heavy (non-hydrogen) atoms. The fraction of sp³-hybridized carbons (Fsp3) is 0.885. The molecule has 0 aromatic rings. The first kappa shape index (κ1) is 23.9. The minimum Gasteiger partial charge on any atom is -0.372 e. The molecule has 6 fully saturated rings. The summed E-state index contributed by atoms with van der Waals surface area (Å²) in [6.07, 6.45) is 9.31. The number of nitrogens with one attached hydrogen (secondary N) is 2. The molecule has 2 saturated heterocycles. The van der Waals surface area contributed by atoms with Crippen molar-refractivity contribution in [1.82, 2.24) is 20.4 Å². The fourth-order valence-electron chi connectivity index (χ4n) is 7.98. The van der Waals surface area contributed by atoms with Crippen LogP contribution in [0.4, 0.5) is 4.79 Å². The molecule has 8 nitrogen and oxygen atoms in total. The lowest BCUT2D eigenvalue weighted by molar-refractivity contribution is -0.150. The van der Waals surface area contributed by atoms with Crippen molar-refractivity contribution in [3.8, 4) is 0 Å². The van der Waals surface area contributed by atoms with Gasteiger partial charge in [-0.2, -0.15) is 0 Å². The quantitative estimate of drug-likeness (QED) is 0.641. The third-order valence-corrected chi connectivity index (χ3v) is 8.97. The number of amides is 4. The Morgan fingerprint density at radius 1 is 0.882 bits per heavy atom. The summed E-state index contributed by atoms with van der Waals surface area (Å²) in [6, 6.07) is -0.118. The molecular formula is C26H42N4O4. The Hall–Kier alpha value is -1.83. The van der Waals surface area contributed by atoms with E-state index in [1.165, 1.54) is 19.3 Å². The molecule has 2 N–H and O–H groups in total. The first-order valence-corrected chi connectivity index (χ1v) is 13.6. The number of hydrogen-bond donors (Lipinski definition) is 2. The number of morpholine rings is 1. The normalized spacial score (nSPS) is 37.5. The molecular weight excluding hydrogens is 432 g/mol. The molecule has 0 aromatic carbocycles. The number of carbonyl (C=O) groups excluding carboxylic acids is 3. The van der Waals surface area contributed by atoms with Crippen molar-refractivity contribution in [2.75, 3.05) is 32.7 Å². The average molecular weight is 475 g/mol. The number of likely N-dealkylation sites (tertiary alicyclic amines) is 1. The second-order valence-corrected chi connectivity index (χ2v) is 12.0. The van der Waals surface area contributed by atoms with Crippen molar-refractivity contribution in [3.63, 3.8) is 0 Å². The summed E-state index contributed by atoms with van der Waals surface area (Å²) in [7, 11) is 0. The topological polar surface area (TPSA) is 91.0 Å². The Balaban J connectivity index is 1.01. The highest BCUT2D eigenvalue weighted by Crippen LogP contribution is 2.55. The Morgan fingerprint density at radius 2 is 1.44 bits per heavy atom. The first-order chi connectivity index (χ1) is 16.3. The van der Waals surface area contributed by atoms with Gasteiger partial charge < -0.3 is 25.2 Å². The van der Waals surface area contributed by atoms with E-state index in [2.05, 4.69) is 10.6 Å². The van der Waals surface area contributed by atoms with Gasteiger partial charge in [-0.3, -0.25) is 9.59 Å². The maximum atomic E-state index is 12.9. The predicted molar refractivity (Wildman–Crippen MR) is 128 cm³/mol. The highest BCUT2D eigenvalue weighted by Gasteiger charge is 2.51. The summed E-state index contributed by atoms with van der Waals surface area (Å²) in [5.41, 5.74) is -0.00662. The van der Waals surface area contributed by atoms with Gasteiger partial charge >= 0.3 is 6.03 Å². The number of urea groups is 1. The molecule has 0 aromatic heterocycles. The Morgan fingerprint density at radius 3 is 2.00 bits per heavy atom. The maximum absolute atomic E-state index is 12.9. The molecule has 4 amide bonds. The van der Waals surface area contributed by atoms with Gasteiger partial charge in [-0.25, -0.2) is 4.79 Å². The van der Waals surface area contributed by atoms with Gasteiger partial charge in [0.1, 0.15) is 0 Å². The summed E-state index contributed by atoms with van der Waals surface area (Å²) in [5, 5.41) is 6.24. The van der Waals surface area contributed by atoms with E-state index in [-0.39, 0.29) is 41.5 Å². The van der Waals surface area contributed by atoms with E-state index < -0.39 is 0 Å². The lowest BCUT2D eigenvalue weighted by Crippen LogP contribution is -2.61. The fourth-order valence-corrected chi connectivity index (χ4v) is 7.98. The molecule has 2 aliphatic heterocycles. The van der Waals surface area contributed by atoms with Gasteiger partial charge in [0.25, 0.3) is 0 Å². The molecule has 2 atom stereocenters. The monoisotopic (exact) mass is 474 g/mol. The van der Waals surface area contributed by atoms with Crippen LogP contribution in [0.3, 0.4) is 0 Å². The van der Waals surface area contributed by atoms with Gasteiger partial charge in [0.2, 0.25) is 11.8 Å². The van der Waals surface area contributed by atoms with Gasteiger partial charge in [-0.15, -0.1) is 0 Å². The largest absolute Gasteiger partial charge is 0.372 e. The molecule has 2 unspecified atom stereocenters. The third kappa shape index (κ3) is 5.21. The molecule has 0 spiro atoms. The minimum atomic E-state index is -0.118. The number of nitrogens with zero attached hydrogens (tertiary/aromatic N) is 2. The van der Waals surface area contributed by atoms with E-state index in [4.69, 9.17) is 4.74 Å². The van der Waals surface area contributed by atoms with Crippen LogP contribution in [0.2, 0.25) is 0 Å². The zero-order chi connectivity index (χ0) is 23.9. The lowest BCUT2D eigenvalue weighted by Gasteiger charge is -2.56. The van der Waals surface area contributed by atoms with Crippen molar-refractivity contribution in [2.24, 2.45) is 23.7 Å². The van der Waals surface area contributed by atoms with E-state index in [0.29, 0.717) is 52.0 Å². The van der Waals surface area contributed by atoms with E-state index in [1.807, 2.05) is 23.6 Å². The van der Waals surface area contributed by atoms with Crippen LogP contribution >= 0.6 is 0 Å². The molecule has 4 bridgehead atoms. The Bertz CT molecular complexity index is 748. The van der Waals surface area contributed by atoms with Crippen LogP contribution in [0.25, 0.3) is 0 Å². The highest BCUT2D eigenvalue weighted by molar-refractivity contribution is 5.81. The maximum Gasteiger partial charge on any atom is 0.315 e. The molecule has 190 valence electrons. The summed E-state index contributed by atoms with van der Waals surface area (Å²) < 4.78 is 5.74. The van der Waals surface area contributed by atoms with Crippen LogP contribution in [0.1, 0.15) is 71.6 Å². The molecule has 2 heterocycles. The van der Waals surface area contributed by atoms with Crippen molar-refractivity contribution < 1.29 is 19.1 Å². The predicted octanol–water partition coefficient (Wildman–Crippen LogP) is 2.52. The van der Waals surface area contributed by atoms with Gasteiger partial charge in [-0.05, 0) is 83.0 Å². The summed E-state index contributed by atoms with van der Waals surface area (Å²) >= 11 is 0. The van der Waals surface area contributed by atoms with Crippen molar-refractivity contribution >= 4 is 17.8 Å². The minimum absolute atomic E-state index is 0.00662. The van der Waals surface area contributed by atoms with Crippen molar-refractivity contribution in [3.05, 3.63) is 0 Å². The second kappa shape index (κ2) is 9.67. The average Bonchev–Trinajstić information content (AvgIpc) is 2.76. The molecule has 0 radical (unpaired) electrons. The van der Waals surface area contributed by atoms with E-state index >= 15 is 0 Å². The number of piperidine rings is 1. The van der Waals surface area contributed by atoms with E-state index in [9.17, 15) is 14.4 Å². The van der Waals surface area contributed by atoms with Gasteiger partial charge in [0, 0.05) is 50.6 Å². The highest BCUT2D eigenvalue weighted by atomic mass is 16.5. The second-order valence-electron chi connectivity index (χ2n) is 12.0. The van der Waals surface area contributed by atoms with Crippen molar-refractivity contribution in [1.29, 1.82) is 0 Å². The summed E-state index contributed by atoms with van der Waals surface area (Å²) in [6.45, 7) is 6.91.